The smallest absolute Gasteiger partial charge is 0.265 e. The van der Waals surface area contributed by atoms with Crippen molar-refractivity contribution in [2.45, 2.75) is 19.0 Å². The molecule has 0 saturated carbocycles. The lowest BCUT2D eigenvalue weighted by atomic mass is 9.97. The van der Waals surface area contributed by atoms with Crippen LogP contribution < -0.4 is 5.56 Å². The average molecular weight is 541 g/mol. The first-order valence-electron chi connectivity index (χ1n) is 11.2. The quantitative estimate of drug-likeness (QED) is 0.242. The van der Waals surface area contributed by atoms with E-state index < -0.39 is 17.3 Å². The Kier molecular flexibility index (Phi) is 6.70. The predicted molar refractivity (Wildman–Crippen MR) is 137 cm³/mol. The molecule has 0 amide bonds. The topological polar surface area (TPSA) is 60.2 Å². The van der Waals surface area contributed by atoms with Gasteiger partial charge in [0.25, 0.3) is 5.56 Å². The minimum absolute atomic E-state index is 0.159. The molecule has 0 radical (unpaired) electrons. The Morgan fingerprint density at radius 3 is 1.95 bits per heavy atom. The Morgan fingerprint density at radius 1 is 0.757 bits per heavy atom. The Hall–Kier alpha value is -3.75. The zero-order chi connectivity index (χ0) is 26.2. The molecule has 2 aromatic heterocycles. The highest BCUT2D eigenvalue weighted by atomic mass is 35.5. The molecule has 5 rings (SSSR count). The van der Waals surface area contributed by atoms with Gasteiger partial charge in [-0.2, -0.15) is 22.8 Å². The molecular formula is C27H17Cl2F3N4O. The molecule has 5 nitrogen and oxygen atoms in total. The number of nitrogens with zero attached hydrogens (tertiary/aromatic N) is 4. The Bertz CT molecular complexity index is 1630. The standard InChI is InChI=1S/C27H17Cl2F3N4O/c28-20-10-4-17(5-11-20)22-15-33-36-25(24(22)18-6-12-21(29)13-7-18)35-34-23(26(36)37)14-3-16-1-8-19(9-2-16)27(30,31)32/h1-2,4-13,15H,3,14H2. The van der Waals surface area contributed by atoms with Gasteiger partial charge in [-0.05, 0) is 59.5 Å². The van der Waals surface area contributed by atoms with Gasteiger partial charge >= 0.3 is 6.18 Å². The molecule has 0 bridgehead atoms. The van der Waals surface area contributed by atoms with E-state index in [0.717, 1.165) is 28.8 Å². The van der Waals surface area contributed by atoms with Crippen LogP contribution in [-0.2, 0) is 19.0 Å². The summed E-state index contributed by atoms with van der Waals surface area (Å²) in [4.78, 5) is 13.3. The van der Waals surface area contributed by atoms with Crippen molar-refractivity contribution < 1.29 is 13.2 Å². The second-order valence-electron chi connectivity index (χ2n) is 8.33. The molecule has 0 aliphatic heterocycles. The Balaban J connectivity index is 1.55. The van der Waals surface area contributed by atoms with Gasteiger partial charge in [-0.25, -0.2) is 0 Å². The van der Waals surface area contributed by atoms with Crippen molar-refractivity contribution in [1.29, 1.82) is 0 Å². The van der Waals surface area contributed by atoms with Gasteiger partial charge in [-0.3, -0.25) is 4.79 Å². The number of hydrogen-bond acceptors (Lipinski definition) is 4. The van der Waals surface area contributed by atoms with E-state index in [1.165, 1.54) is 16.6 Å². The van der Waals surface area contributed by atoms with E-state index in [-0.39, 0.29) is 17.8 Å². The number of aryl methyl sites for hydroxylation is 2. The van der Waals surface area contributed by atoms with Gasteiger partial charge < -0.3 is 0 Å². The molecule has 0 fully saturated rings. The predicted octanol–water partition coefficient (Wildman–Crippen LogP) is 6.93. The third kappa shape index (κ3) is 5.21. The molecular weight excluding hydrogens is 524 g/mol. The van der Waals surface area contributed by atoms with Crippen LogP contribution in [-0.4, -0.2) is 19.8 Å². The lowest BCUT2D eigenvalue weighted by molar-refractivity contribution is -0.137. The molecule has 10 heteroatoms. The zero-order valence-electron chi connectivity index (χ0n) is 19.0. The second kappa shape index (κ2) is 9.95. The van der Waals surface area contributed by atoms with E-state index in [1.54, 1.807) is 30.5 Å². The highest BCUT2D eigenvalue weighted by molar-refractivity contribution is 6.31. The number of fused-ring (bicyclic) bond motifs is 1. The first kappa shape index (κ1) is 24.9. The molecule has 0 atom stereocenters. The highest BCUT2D eigenvalue weighted by Crippen LogP contribution is 2.35. The molecule has 3 aromatic carbocycles. The van der Waals surface area contributed by atoms with Gasteiger partial charge in [0.15, 0.2) is 5.65 Å². The monoisotopic (exact) mass is 540 g/mol. The number of aromatic nitrogens is 4. The number of hydrogen-bond donors (Lipinski definition) is 0. The van der Waals surface area contributed by atoms with E-state index in [1.807, 2.05) is 24.3 Å². The molecule has 2 heterocycles. The maximum absolute atomic E-state index is 13.3. The fourth-order valence-electron chi connectivity index (χ4n) is 4.00. The van der Waals surface area contributed by atoms with E-state index in [9.17, 15) is 18.0 Å². The summed E-state index contributed by atoms with van der Waals surface area (Å²) in [5.74, 6) is 0. The van der Waals surface area contributed by atoms with Crippen molar-refractivity contribution in [2.75, 3.05) is 0 Å². The first-order valence-corrected chi connectivity index (χ1v) is 11.9. The van der Waals surface area contributed by atoms with E-state index in [0.29, 0.717) is 27.6 Å². The summed E-state index contributed by atoms with van der Waals surface area (Å²) in [6.07, 6.45) is -2.31. The van der Waals surface area contributed by atoms with Gasteiger partial charge in [0.2, 0.25) is 0 Å². The van der Waals surface area contributed by atoms with Crippen molar-refractivity contribution in [2.24, 2.45) is 0 Å². The minimum atomic E-state index is -4.40. The van der Waals surface area contributed by atoms with E-state index in [4.69, 9.17) is 23.2 Å². The largest absolute Gasteiger partial charge is 0.416 e. The number of alkyl halides is 3. The van der Waals surface area contributed by atoms with Crippen molar-refractivity contribution in [3.63, 3.8) is 0 Å². The molecule has 0 aliphatic rings. The second-order valence-corrected chi connectivity index (χ2v) is 9.20. The van der Waals surface area contributed by atoms with Crippen molar-refractivity contribution in [3.8, 4) is 22.3 Å². The Morgan fingerprint density at radius 2 is 1.35 bits per heavy atom. The summed E-state index contributed by atoms with van der Waals surface area (Å²) in [5, 5.41) is 14.0. The molecule has 0 N–H and O–H groups in total. The highest BCUT2D eigenvalue weighted by Gasteiger charge is 2.30. The van der Waals surface area contributed by atoms with Gasteiger partial charge in [0, 0.05) is 27.6 Å². The molecule has 0 aliphatic carbocycles. The van der Waals surface area contributed by atoms with Crippen LogP contribution in [0.25, 0.3) is 27.9 Å². The number of rotatable bonds is 5. The summed E-state index contributed by atoms with van der Waals surface area (Å²) in [6.45, 7) is 0. The summed E-state index contributed by atoms with van der Waals surface area (Å²) in [5.41, 5.74) is 2.85. The minimum Gasteiger partial charge on any atom is -0.265 e. The van der Waals surface area contributed by atoms with Crippen LogP contribution in [0.3, 0.4) is 0 Å². The Labute approximate surface area is 219 Å². The molecule has 5 aromatic rings. The molecule has 186 valence electrons. The van der Waals surface area contributed by atoms with Crippen LogP contribution in [0.1, 0.15) is 16.8 Å². The maximum atomic E-state index is 13.3. The maximum Gasteiger partial charge on any atom is 0.416 e. The van der Waals surface area contributed by atoms with Crippen LogP contribution in [0, 0.1) is 0 Å². The third-order valence-corrected chi connectivity index (χ3v) is 6.42. The third-order valence-electron chi connectivity index (χ3n) is 5.92. The van der Waals surface area contributed by atoms with E-state index >= 15 is 0 Å². The van der Waals surface area contributed by atoms with Gasteiger partial charge in [-0.15, -0.1) is 10.2 Å². The summed E-state index contributed by atoms with van der Waals surface area (Å²) in [7, 11) is 0. The fourth-order valence-corrected chi connectivity index (χ4v) is 4.26. The fraction of sp³-hybridized carbons (Fsp3) is 0.111. The lowest BCUT2D eigenvalue weighted by Gasteiger charge is -2.13. The number of benzene rings is 3. The zero-order valence-corrected chi connectivity index (χ0v) is 20.5. The van der Waals surface area contributed by atoms with Crippen molar-refractivity contribution in [3.05, 3.63) is 116 Å². The van der Waals surface area contributed by atoms with E-state index in [2.05, 4.69) is 15.3 Å². The molecule has 0 spiro atoms. The van der Waals surface area contributed by atoms with Crippen LogP contribution in [0.4, 0.5) is 13.2 Å². The van der Waals surface area contributed by atoms with Gasteiger partial charge in [0.05, 0.1) is 11.8 Å². The normalized spacial score (nSPS) is 11.7. The summed E-state index contributed by atoms with van der Waals surface area (Å²) < 4.78 is 39.7. The first-order chi connectivity index (χ1) is 17.7. The molecule has 0 unspecified atom stereocenters. The van der Waals surface area contributed by atoms with Crippen LogP contribution in [0.5, 0.6) is 0 Å². The SMILES string of the molecule is O=c1c(CCc2ccc(C(F)(F)F)cc2)nnc2c(-c3ccc(Cl)cc3)c(-c3ccc(Cl)cc3)cnn12. The number of halogens is 5. The summed E-state index contributed by atoms with van der Waals surface area (Å²) in [6, 6.07) is 19.2. The summed E-state index contributed by atoms with van der Waals surface area (Å²) >= 11 is 12.1. The molecule has 0 saturated heterocycles. The lowest BCUT2D eigenvalue weighted by Crippen LogP contribution is -2.25. The van der Waals surface area contributed by atoms with Crippen LogP contribution in [0.2, 0.25) is 10.0 Å². The van der Waals surface area contributed by atoms with Crippen LogP contribution >= 0.6 is 23.2 Å². The molecule has 37 heavy (non-hydrogen) atoms. The van der Waals surface area contributed by atoms with Crippen LogP contribution in [0.15, 0.2) is 83.8 Å². The van der Waals surface area contributed by atoms with Gasteiger partial charge in [-0.1, -0.05) is 59.6 Å². The van der Waals surface area contributed by atoms with Crippen molar-refractivity contribution >= 4 is 28.8 Å². The van der Waals surface area contributed by atoms with Gasteiger partial charge in [0.1, 0.15) is 5.69 Å². The van der Waals surface area contributed by atoms with Crippen molar-refractivity contribution in [1.82, 2.24) is 19.8 Å². The average Bonchev–Trinajstić information content (AvgIpc) is 2.88.